The summed E-state index contributed by atoms with van der Waals surface area (Å²) >= 11 is 0. The van der Waals surface area contributed by atoms with Gasteiger partial charge in [-0.3, -0.25) is 9.69 Å². The molecule has 1 atom stereocenters. The number of aromatic nitrogens is 1. The van der Waals surface area contributed by atoms with E-state index in [-0.39, 0.29) is 35.1 Å². The molecular formula is C28H29N3O7S. The monoisotopic (exact) mass is 551 g/mol. The normalized spacial score (nSPS) is 15.7. The Bertz CT molecular complexity index is 1530. The van der Waals surface area contributed by atoms with Crippen LogP contribution >= 0.6 is 0 Å². The van der Waals surface area contributed by atoms with E-state index in [1.165, 1.54) is 13.2 Å². The van der Waals surface area contributed by atoms with E-state index in [0.29, 0.717) is 42.5 Å². The van der Waals surface area contributed by atoms with Crippen molar-refractivity contribution in [2.24, 2.45) is 0 Å². The Hall–Kier alpha value is -3.98. The van der Waals surface area contributed by atoms with Crippen LogP contribution in [0.15, 0.2) is 48.5 Å². The molecule has 1 aromatic heterocycles. The van der Waals surface area contributed by atoms with Crippen molar-refractivity contribution in [1.29, 1.82) is 0 Å². The van der Waals surface area contributed by atoms with E-state index in [4.69, 9.17) is 4.74 Å². The molecule has 2 aromatic carbocycles. The zero-order valence-electron chi connectivity index (χ0n) is 21.4. The summed E-state index contributed by atoms with van der Waals surface area (Å²) in [4.78, 5) is 31.5. The number of aromatic carboxylic acids is 1. The first kappa shape index (κ1) is 28.0. The van der Waals surface area contributed by atoms with Gasteiger partial charge >= 0.3 is 5.97 Å². The maximum absolute atomic E-state index is 13.1. The number of nitrogens with zero attached hydrogens (tertiary/aromatic N) is 2. The summed E-state index contributed by atoms with van der Waals surface area (Å²) in [6, 6.07) is 12.4. The number of phenols is 1. The number of carbonyl (C=O) groups excluding carboxylic acids is 1. The van der Waals surface area contributed by atoms with Crippen LogP contribution in [0.2, 0.25) is 0 Å². The maximum Gasteiger partial charge on any atom is 0.336 e. The summed E-state index contributed by atoms with van der Waals surface area (Å²) in [5.41, 5.74) is 1.70. The molecule has 0 bridgehead atoms. The lowest BCUT2D eigenvalue weighted by atomic mass is 10.0. The molecule has 10 nitrogen and oxygen atoms in total. The smallest absolute Gasteiger partial charge is 0.336 e. The Labute approximate surface area is 226 Å². The fraction of sp³-hybridized carbons (Fsp3) is 0.321. The molecule has 3 N–H and O–H groups in total. The zero-order valence-corrected chi connectivity index (χ0v) is 22.2. The Morgan fingerprint density at radius 2 is 1.85 bits per heavy atom. The molecule has 2 heterocycles. The molecule has 1 fully saturated rings. The third kappa shape index (κ3) is 7.54. The fourth-order valence-electron chi connectivity index (χ4n) is 4.29. The lowest BCUT2D eigenvalue weighted by molar-refractivity contribution is 0.0699. The number of ether oxygens (including phenoxy) is 1. The minimum absolute atomic E-state index is 0.0365. The third-order valence-corrected chi connectivity index (χ3v) is 7.97. The summed E-state index contributed by atoms with van der Waals surface area (Å²) in [6.07, 6.45) is 0.439. The highest BCUT2D eigenvalue weighted by atomic mass is 32.2. The molecule has 0 radical (unpaired) electrons. The number of amides is 1. The number of fused-ring (bicyclic) bond motifs is 1. The third-order valence-electron chi connectivity index (χ3n) is 6.37. The van der Waals surface area contributed by atoms with Crippen LogP contribution in [0.25, 0.3) is 10.9 Å². The second kappa shape index (κ2) is 12.3. The topological polar surface area (TPSA) is 146 Å². The number of pyridine rings is 1. The van der Waals surface area contributed by atoms with Crippen LogP contribution in [0.4, 0.5) is 0 Å². The zero-order chi connectivity index (χ0) is 28.0. The Kier molecular flexibility index (Phi) is 8.81. The molecule has 1 amide bonds. The van der Waals surface area contributed by atoms with Gasteiger partial charge in [0, 0.05) is 31.1 Å². The number of hydrogen-bond donors (Lipinski definition) is 3. The molecule has 1 aliphatic heterocycles. The van der Waals surface area contributed by atoms with Crippen LogP contribution in [0, 0.1) is 11.8 Å². The van der Waals surface area contributed by atoms with Crippen molar-refractivity contribution in [3.63, 3.8) is 0 Å². The standard InChI is InChI=1S/C28H29N3O7S/c1-38-18-21(15-20-4-7-22(32)8-5-20)29-27(33)26-17-24(28(34)35)23-16-19(6-9-25(23)30-26)3-2-10-31-11-13-39(36,37)14-12-31/h4-9,16-17,21,32H,10-15,18H2,1H3,(H,29,33)(H,34,35)/t21-/m0/s1. The minimum atomic E-state index is -2.96. The van der Waals surface area contributed by atoms with Crippen molar-refractivity contribution in [3.8, 4) is 17.6 Å². The van der Waals surface area contributed by atoms with Gasteiger partial charge in [0.2, 0.25) is 0 Å². The van der Waals surface area contributed by atoms with Gasteiger partial charge in [-0.2, -0.15) is 0 Å². The van der Waals surface area contributed by atoms with Crippen LogP contribution in [0.5, 0.6) is 5.75 Å². The minimum Gasteiger partial charge on any atom is -0.508 e. The van der Waals surface area contributed by atoms with Crippen molar-refractivity contribution >= 4 is 32.6 Å². The van der Waals surface area contributed by atoms with Crippen LogP contribution in [0.1, 0.15) is 32.0 Å². The molecule has 0 saturated carbocycles. The number of carboxylic acid groups (broad SMARTS) is 1. The van der Waals surface area contributed by atoms with E-state index in [1.54, 1.807) is 42.5 Å². The summed E-state index contributed by atoms with van der Waals surface area (Å²) < 4.78 is 28.4. The Balaban J connectivity index is 1.52. The summed E-state index contributed by atoms with van der Waals surface area (Å²) in [6.45, 7) is 1.50. The van der Waals surface area contributed by atoms with Gasteiger partial charge in [-0.1, -0.05) is 24.0 Å². The van der Waals surface area contributed by atoms with Crippen LogP contribution in [-0.2, 0) is 21.0 Å². The first-order chi connectivity index (χ1) is 18.6. The number of aromatic hydroxyl groups is 1. The van der Waals surface area contributed by atoms with Crippen molar-refractivity contribution in [3.05, 3.63) is 70.9 Å². The van der Waals surface area contributed by atoms with E-state index < -0.39 is 27.8 Å². The van der Waals surface area contributed by atoms with Crippen LogP contribution < -0.4 is 5.32 Å². The quantitative estimate of drug-likeness (QED) is 0.356. The molecule has 0 aliphatic carbocycles. The fourth-order valence-corrected chi connectivity index (χ4v) is 5.56. The number of sulfone groups is 1. The van der Waals surface area contributed by atoms with Gasteiger partial charge in [-0.25, -0.2) is 18.2 Å². The lowest BCUT2D eigenvalue weighted by Crippen LogP contribution is -2.40. The molecule has 3 aromatic rings. The molecule has 0 spiro atoms. The SMILES string of the molecule is COC[C@H](Cc1ccc(O)cc1)NC(=O)c1cc(C(=O)O)c2cc(C#CCN3CCS(=O)(=O)CC3)ccc2n1. The van der Waals surface area contributed by atoms with Gasteiger partial charge in [-0.15, -0.1) is 0 Å². The summed E-state index contributed by atoms with van der Waals surface area (Å²) in [7, 11) is -1.44. The number of carbonyl (C=O) groups is 2. The highest BCUT2D eigenvalue weighted by Gasteiger charge is 2.21. The van der Waals surface area contributed by atoms with E-state index >= 15 is 0 Å². The second-order valence-corrected chi connectivity index (χ2v) is 11.6. The van der Waals surface area contributed by atoms with Crippen molar-refractivity contribution < 1.29 is 33.0 Å². The average molecular weight is 552 g/mol. The molecular weight excluding hydrogens is 522 g/mol. The molecule has 204 valence electrons. The summed E-state index contributed by atoms with van der Waals surface area (Å²) in [5.74, 6) is 4.68. The number of phenolic OH excluding ortho intramolecular Hbond substituents is 1. The van der Waals surface area contributed by atoms with Gasteiger partial charge in [-0.05, 0) is 48.4 Å². The van der Waals surface area contributed by atoms with Crippen LogP contribution in [0.3, 0.4) is 0 Å². The average Bonchev–Trinajstić information content (AvgIpc) is 2.90. The van der Waals surface area contributed by atoms with E-state index in [2.05, 4.69) is 22.1 Å². The molecule has 11 heteroatoms. The number of carboxylic acids is 1. The number of methoxy groups -OCH3 is 1. The van der Waals surface area contributed by atoms with Crippen LogP contribution in [-0.4, -0.2) is 91.3 Å². The molecule has 0 unspecified atom stereocenters. The first-order valence-corrected chi connectivity index (χ1v) is 14.1. The predicted octanol–water partition coefficient (Wildman–Crippen LogP) is 1.71. The van der Waals surface area contributed by atoms with Gasteiger partial charge in [0.25, 0.3) is 5.91 Å². The Morgan fingerprint density at radius 3 is 2.51 bits per heavy atom. The van der Waals surface area contributed by atoms with E-state index in [0.717, 1.165) is 5.56 Å². The number of hydrogen-bond acceptors (Lipinski definition) is 8. The highest BCUT2D eigenvalue weighted by molar-refractivity contribution is 7.91. The van der Waals surface area contributed by atoms with Gasteiger partial charge in [0.05, 0.1) is 41.8 Å². The van der Waals surface area contributed by atoms with Gasteiger partial charge in [0.15, 0.2) is 9.84 Å². The Morgan fingerprint density at radius 1 is 1.13 bits per heavy atom. The lowest BCUT2D eigenvalue weighted by Gasteiger charge is -2.24. The largest absolute Gasteiger partial charge is 0.508 e. The molecule has 1 saturated heterocycles. The highest BCUT2D eigenvalue weighted by Crippen LogP contribution is 2.21. The van der Waals surface area contributed by atoms with Crippen molar-refractivity contribution in [2.75, 3.05) is 44.9 Å². The number of rotatable bonds is 8. The first-order valence-electron chi connectivity index (χ1n) is 12.3. The van der Waals surface area contributed by atoms with E-state index in [1.807, 2.05) is 4.90 Å². The van der Waals surface area contributed by atoms with Gasteiger partial charge in [0.1, 0.15) is 11.4 Å². The molecule has 1 aliphatic rings. The summed E-state index contributed by atoms with van der Waals surface area (Å²) in [5, 5.41) is 22.6. The van der Waals surface area contributed by atoms with E-state index in [9.17, 15) is 28.2 Å². The molecule has 4 rings (SSSR count). The molecule has 39 heavy (non-hydrogen) atoms. The van der Waals surface area contributed by atoms with Gasteiger partial charge < -0.3 is 20.3 Å². The van der Waals surface area contributed by atoms with Crippen molar-refractivity contribution in [1.82, 2.24) is 15.2 Å². The number of benzene rings is 2. The number of nitrogens with one attached hydrogen (secondary N) is 1. The van der Waals surface area contributed by atoms with Crippen molar-refractivity contribution in [2.45, 2.75) is 12.5 Å². The maximum atomic E-state index is 13.1. The predicted molar refractivity (Wildman–Crippen MR) is 146 cm³/mol. The second-order valence-electron chi connectivity index (χ2n) is 9.32.